The number of carbonyl (C=O) groups excluding carboxylic acids is 3. The highest BCUT2D eigenvalue weighted by Gasteiger charge is 2.46. The number of rotatable bonds is 6. The number of hydrogen-bond acceptors (Lipinski definition) is 7. The highest BCUT2D eigenvalue weighted by Crippen LogP contribution is 2.44. The van der Waals surface area contributed by atoms with Crippen molar-refractivity contribution >= 4 is 23.4 Å². The van der Waals surface area contributed by atoms with Crippen LogP contribution in [-0.4, -0.2) is 63.0 Å². The van der Waals surface area contributed by atoms with Crippen LogP contribution in [0.25, 0.3) is 0 Å². The van der Waals surface area contributed by atoms with Gasteiger partial charge in [0.1, 0.15) is 11.9 Å². The van der Waals surface area contributed by atoms with E-state index in [-0.39, 0.29) is 42.0 Å². The summed E-state index contributed by atoms with van der Waals surface area (Å²) in [4.78, 5) is 40.6. The van der Waals surface area contributed by atoms with Crippen LogP contribution in [0.3, 0.4) is 0 Å². The molecule has 3 saturated heterocycles. The van der Waals surface area contributed by atoms with E-state index in [1.165, 1.54) is 0 Å². The molecule has 3 N–H and O–H groups in total. The Morgan fingerprint density at radius 3 is 2.56 bits per heavy atom. The van der Waals surface area contributed by atoms with Gasteiger partial charge in [-0.3, -0.25) is 29.5 Å². The molecule has 6 rings (SSSR count). The van der Waals surface area contributed by atoms with E-state index in [0.29, 0.717) is 23.4 Å². The van der Waals surface area contributed by atoms with Gasteiger partial charge in [-0.05, 0) is 69.7 Å². The van der Waals surface area contributed by atoms with Crippen LogP contribution >= 0.6 is 0 Å². The second-order valence-corrected chi connectivity index (χ2v) is 12.4. The lowest BCUT2D eigenvalue weighted by atomic mass is 9.88. The summed E-state index contributed by atoms with van der Waals surface area (Å²) in [6, 6.07) is 9.34. The van der Waals surface area contributed by atoms with Gasteiger partial charge in [-0.1, -0.05) is 18.2 Å². The number of amides is 3. The smallest absolute Gasteiger partial charge is 0.257 e. The van der Waals surface area contributed by atoms with Crippen molar-refractivity contribution in [3.63, 3.8) is 0 Å². The number of nitrogens with one attached hydrogen (secondary N) is 2. The largest absolute Gasteiger partial charge is 0.380 e. The number of aliphatic hydroxyl groups is 1. The molecule has 4 heterocycles. The van der Waals surface area contributed by atoms with Gasteiger partial charge in [-0.2, -0.15) is 0 Å². The first-order valence-corrected chi connectivity index (χ1v) is 14.5. The van der Waals surface area contributed by atoms with Gasteiger partial charge in [0.2, 0.25) is 11.8 Å². The Kier molecular flexibility index (Phi) is 7.12. The molecule has 2 unspecified atom stereocenters. The van der Waals surface area contributed by atoms with Gasteiger partial charge in [-0.25, -0.2) is 4.39 Å². The minimum atomic E-state index is -1.36. The first-order valence-electron chi connectivity index (χ1n) is 14.5. The molecule has 4 aliphatic rings. The van der Waals surface area contributed by atoms with Crippen LogP contribution in [0.1, 0.15) is 85.6 Å². The fourth-order valence-corrected chi connectivity index (χ4v) is 6.80. The van der Waals surface area contributed by atoms with Crippen LogP contribution < -0.4 is 10.6 Å². The quantitative estimate of drug-likeness (QED) is 0.460. The van der Waals surface area contributed by atoms with Gasteiger partial charge in [0.05, 0.1) is 11.2 Å². The Morgan fingerprint density at radius 1 is 1.10 bits per heavy atom. The molecule has 0 bridgehead atoms. The number of carbonyl (C=O) groups is 3. The van der Waals surface area contributed by atoms with Gasteiger partial charge in [0.15, 0.2) is 6.23 Å². The highest BCUT2D eigenvalue weighted by molar-refractivity contribution is 6.06. The molecule has 2 atom stereocenters. The molecule has 2 aromatic rings. The number of nitrogens with zero attached hydrogens (tertiary/aromatic N) is 2. The molecule has 9 nitrogen and oxygen atoms in total. The monoisotopic (exact) mass is 564 g/mol. The maximum atomic E-state index is 15.2. The van der Waals surface area contributed by atoms with E-state index in [1.54, 1.807) is 30.3 Å². The summed E-state index contributed by atoms with van der Waals surface area (Å²) in [5.41, 5.74) is 2.43. The Bertz CT molecular complexity index is 1390. The average Bonchev–Trinajstić information content (AvgIpc) is 3.37. The maximum Gasteiger partial charge on any atom is 0.257 e. The highest BCUT2D eigenvalue weighted by atomic mass is 19.1. The van der Waals surface area contributed by atoms with Crippen molar-refractivity contribution in [2.45, 2.75) is 88.9 Å². The number of piperidine rings is 2. The number of halogens is 1. The summed E-state index contributed by atoms with van der Waals surface area (Å²) in [5.74, 6) is -1.79. The number of benzene rings is 2. The maximum absolute atomic E-state index is 15.2. The van der Waals surface area contributed by atoms with Crippen molar-refractivity contribution in [3.8, 4) is 0 Å². The lowest BCUT2D eigenvalue weighted by Crippen LogP contribution is -2.53. The van der Waals surface area contributed by atoms with Crippen LogP contribution in [0.15, 0.2) is 36.4 Å². The molecule has 3 fully saturated rings. The zero-order valence-corrected chi connectivity index (χ0v) is 23.5. The van der Waals surface area contributed by atoms with Crippen molar-refractivity contribution < 1.29 is 28.6 Å². The first kappa shape index (κ1) is 27.8. The standard InChI is InChI=1S/C31H37FN4O5/c1-30(2)10-11-31(41-30)12-14-35(15-13-31)18-19-6-7-20(22(32)16-19)17-33-23-5-3-4-21-26(23)29(40)36(28(21)39)24-8-9-25(37)34-27(24)38/h3-7,16,24,29,33,40H,8-15,17-18H2,1-2H3,(H,34,37,38). The molecular weight excluding hydrogens is 527 g/mol. The van der Waals surface area contributed by atoms with Crippen LogP contribution in [0, 0.1) is 5.82 Å². The second kappa shape index (κ2) is 10.5. The zero-order chi connectivity index (χ0) is 28.9. The Balaban J connectivity index is 1.09. The number of fused-ring (bicyclic) bond motifs is 1. The SMILES string of the molecule is CC1(C)CCC2(CCN(Cc3ccc(CNc4cccc5c4C(O)N(C4CCC(=O)NC4=O)C5=O)c(F)c3)CC2)O1. The molecule has 0 radical (unpaired) electrons. The fraction of sp³-hybridized carbons (Fsp3) is 0.516. The number of hydrogen-bond donors (Lipinski definition) is 3. The molecule has 3 amide bonds. The van der Waals surface area contributed by atoms with E-state index in [1.807, 2.05) is 6.07 Å². The number of ether oxygens (including phenoxy) is 1. The summed E-state index contributed by atoms with van der Waals surface area (Å²) in [5, 5.41) is 16.5. The van der Waals surface area contributed by atoms with Gasteiger partial charge < -0.3 is 15.2 Å². The fourth-order valence-electron chi connectivity index (χ4n) is 6.80. The second-order valence-electron chi connectivity index (χ2n) is 12.4. The summed E-state index contributed by atoms with van der Waals surface area (Å²) in [6.45, 7) is 7.02. The molecule has 4 aliphatic heterocycles. The summed E-state index contributed by atoms with van der Waals surface area (Å²) in [7, 11) is 0. The van der Waals surface area contributed by atoms with Crippen LogP contribution in [-0.2, 0) is 27.4 Å². The van der Waals surface area contributed by atoms with Gasteiger partial charge >= 0.3 is 0 Å². The predicted molar refractivity (Wildman–Crippen MR) is 149 cm³/mol. The number of imide groups is 1. The third kappa shape index (κ3) is 5.36. The van der Waals surface area contributed by atoms with Crippen molar-refractivity contribution in [1.29, 1.82) is 0 Å². The number of anilines is 1. The topological polar surface area (TPSA) is 111 Å². The van der Waals surface area contributed by atoms with Crippen LogP contribution in [0.5, 0.6) is 0 Å². The minimum absolute atomic E-state index is 0.00448. The van der Waals surface area contributed by atoms with Gasteiger partial charge in [-0.15, -0.1) is 0 Å². The lowest BCUT2D eigenvalue weighted by Gasteiger charge is -2.40. The van der Waals surface area contributed by atoms with E-state index in [9.17, 15) is 19.5 Å². The van der Waals surface area contributed by atoms with Crippen molar-refractivity contribution in [2.24, 2.45) is 0 Å². The molecule has 0 aromatic heterocycles. The average molecular weight is 565 g/mol. The molecule has 218 valence electrons. The molecule has 0 saturated carbocycles. The normalized spacial score (nSPS) is 25.5. The van der Waals surface area contributed by atoms with E-state index in [2.05, 4.69) is 29.4 Å². The predicted octanol–water partition coefficient (Wildman–Crippen LogP) is 3.61. The molecule has 1 spiro atoms. The summed E-state index contributed by atoms with van der Waals surface area (Å²) in [6.07, 6.45) is 3.07. The van der Waals surface area contributed by atoms with Crippen LogP contribution in [0.4, 0.5) is 10.1 Å². The zero-order valence-electron chi connectivity index (χ0n) is 23.5. The summed E-state index contributed by atoms with van der Waals surface area (Å²) < 4.78 is 21.6. The Hall–Kier alpha value is -3.34. The molecule has 41 heavy (non-hydrogen) atoms. The molecular formula is C31H37FN4O5. The number of likely N-dealkylation sites (tertiary alicyclic amines) is 1. The number of aliphatic hydroxyl groups excluding tert-OH is 1. The third-order valence-electron chi connectivity index (χ3n) is 9.07. The van der Waals surface area contributed by atoms with Crippen molar-refractivity contribution in [1.82, 2.24) is 15.1 Å². The van der Waals surface area contributed by atoms with E-state index in [4.69, 9.17) is 4.74 Å². The molecule has 10 heteroatoms. The van der Waals surface area contributed by atoms with E-state index < -0.39 is 30.0 Å². The minimum Gasteiger partial charge on any atom is -0.380 e. The molecule has 2 aromatic carbocycles. The lowest BCUT2D eigenvalue weighted by molar-refractivity contribution is -0.139. The van der Waals surface area contributed by atoms with Crippen molar-refractivity contribution in [2.75, 3.05) is 18.4 Å². The third-order valence-corrected chi connectivity index (χ3v) is 9.07. The Labute approximate surface area is 239 Å². The Morgan fingerprint density at radius 2 is 1.88 bits per heavy atom. The van der Waals surface area contributed by atoms with E-state index >= 15 is 4.39 Å². The van der Waals surface area contributed by atoms with Crippen LogP contribution in [0.2, 0.25) is 0 Å². The molecule has 0 aliphatic carbocycles. The van der Waals surface area contributed by atoms with Crippen molar-refractivity contribution in [3.05, 3.63) is 64.5 Å². The van der Waals surface area contributed by atoms with E-state index in [0.717, 1.165) is 49.2 Å². The first-order chi connectivity index (χ1) is 19.5. The summed E-state index contributed by atoms with van der Waals surface area (Å²) >= 11 is 0. The van der Waals surface area contributed by atoms with Gasteiger partial charge in [0, 0.05) is 55.0 Å². The van der Waals surface area contributed by atoms with Gasteiger partial charge in [0.25, 0.3) is 5.91 Å².